The summed E-state index contributed by atoms with van der Waals surface area (Å²) in [6.07, 6.45) is 1.64. The number of hydrazone groups is 1. The molecule has 0 atom stereocenters. The van der Waals surface area contributed by atoms with Gasteiger partial charge < -0.3 is 0 Å². The number of pyridine rings is 1. The third-order valence-corrected chi connectivity index (χ3v) is 5.01. The Kier molecular flexibility index (Phi) is 4.77. The molecular weight excluding hydrogens is 354 g/mol. The van der Waals surface area contributed by atoms with Gasteiger partial charge in [-0.2, -0.15) is 16.4 Å². The molecule has 2 aromatic carbocycles. The number of thiophene rings is 1. The Morgan fingerprint density at radius 2 is 1.93 bits per heavy atom. The van der Waals surface area contributed by atoms with Crippen molar-refractivity contribution in [1.29, 1.82) is 0 Å². The van der Waals surface area contributed by atoms with E-state index in [0.717, 1.165) is 33.3 Å². The normalized spacial score (nSPS) is 11.1. The number of nitrogens with zero attached hydrogens (tertiary/aromatic N) is 2. The molecule has 1 amide bonds. The van der Waals surface area contributed by atoms with Gasteiger partial charge in [-0.05, 0) is 41.4 Å². The van der Waals surface area contributed by atoms with Crippen LogP contribution >= 0.6 is 11.3 Å². The molecule has 27 heavy (non-hydrogen) atoms. The van der Waals surface area contributed by atoms with Crippen LogP contribution in [0.1, 0.15) is 21.5 Å². The Morgan fingerprint density at radius 1 is 1.11 bits per heavy atom. The Labute approximate surface area is 161 Å². The van der Waals surface area contributed by atoms with Crippen molar-refractivity contribution in [2.24, 2.45) is 5.10 Å². The van der Waals surface area contributed by atoms with Crippen LogP contribution in [0.2, 0.25) is 0 Å². The first-order valence-corrected chi connectivity index (χ1v) is 9.48. The van der Waals surface area contributed by atoms with Crippen molar-refractivity contribution in [3.63, 3.8) is 0 Å². The largest absolute Gasteiger partial charge is 0.272 e. The Balaban J connectivity index is 1.74. The van der Waals surface area contributed by atoms with Crippen LogP contribution in [-0.4, -0.2) is 17.1 Å². The number of hydrogen-bond acceptors (Lipinski definition) is 4. The number of fused-ring (bicyclic) bond motifs is 1. The molecule has 0 saturated heterocycles. The average Bonchev–Trinajstić information content (AvgIpc) is 3.21. The lowest BCUT2D eigenvalue weighted by Gasteiger charge is -2.10. The molecule has 0 unspecified atom stereocenters. The predicted molar refractivity (Wildman–Crippen MR) is 111 cm³/mol. The lowest BCUT2D eigenvalue weighted by Crippen LogP contribution is -2.18. The molecular formula is C22H17N3OS. The number of carbonyl (C=O) groups is 1. The molecule has 0 aliphatic heterocycles. The molecule has 0 radical (unpaired) electrons. The van der Waals surface area contributed by atoms with Gasteiger partial charge in [0.1, 0.15) is 0 Å². The second-order valence-corrected chi connectivity index (χ2v) is 6.92. The lowest BCUT2D eigenvalue weighted by molar-refractivity contribution is 0.0957. The summed E-state index contributed by atoms with van der Waals surface area (Å²) in [5, 5.41) is 8.81. The maximum atomic E-state index is 12.8. The second-order valence-electron chi connectivity index (χ2n) is 6.14. The van der Waals surface area contributed by atoms with Gasteiger partial charge in [-0.3, -0.25) is 4.79 Å². The average molecular weight is 371 g/mol. The van der Waals surface area contributed by atoms with Gasteiger partial charge in [0.05, 0.1) is 23.0 Å². The number of carbonyl (C=O) groups excluding carboxylic acids is 1. The summed E-state index contributed by atoms with van der Waals surface area (Å²) in [5.41, 5.74) is 7.83. The van der Waals surface area contributed by atoms with Gasteiger partial charge in [0.15, 0.2) is 0 Å². The number of rotatable bonds is 4. The van der Waals surface area contributed by atoms with E-state index >= 15 is 0 Å². The lowest BCUT2D eigenvalue weighted by atomic mass is 10.0. The molecule has 0 bridgehead atoms. The van der Waals surface area contributed by atoms with Gasteiger partial charge in [0.2, 0.25) is 0 Å². The zero-order valence-corrected chi connectivity index (χ0v) is 15.5. The van der Waals surface area contributed by atoms with E-state index in [0.29, 0.717) is 5.56 Å². The van der Waals surface area contributed by atoms with Crippen LogP contribution in [0.4, 0.5) is 0 Å². The number of benzene rings is 2. The van der Waals surface area contributed by atoms with Crippen molar-refractivity contribution < 1.29 is 4.79 Å². The van der Waals surface area contributed by atoms with Gasteiger partial charge in [-0.25, -0.2) is 10.4 Å². The zero-order valence-electron chi connectivity index (χ0n) is 14.7. The van der Waals surface area contributed by atoms with E-state index in [-0.39, 0.29) is 5.91 Å². The van der Waals surface area contributed by atoms with E-state index in [1.165, 1.54) is 0 Å². The van der Waals surface area contributed by atoms with Crippen molar-refractivity contribution >= 4 is 34.4 Å². The second kappa shape index (κ2) is 7.51. The van der Waals surface area contributed by atoms with E-state index < -0.39 is 0 Å². The fraction of sp³-hybridized carbons (Fsp3) is 0.0455. The van der Waals surface area contributed by atoms with Gasteiger partial charge in [0.25, 0.3) is 5.91 Å². The molecule has 4 aromatic rings. The van der Waals surface area contributed by atoms with Gasteiger partial charge in [-0.1, -0.05) is 42.5 Å². The summed E-state index contributed by atoms with van der Waals surface area (Å²) < 4.78 is 0. The third-order valence-electron chi connectivity index (χ3n) is 4.30. The maximum absolute atomic E-state index is 12.8. The molecule has 132 valence electrons. The van der Waals surface area contributed by atoms with E-state index in [2.05, 4.69) is 10.5 Å². The standard InChI is InChI=1S/C22H17N3OS/c1-15-6-2-3-7-17(15)21-12-19(18-8-4-5-9-20(18)24-21)22(26)25-23-13-16-10-11-27-14-16/h2-14H,1H3,(H,25,26)/b23-13-. The van der Waals surface area contributed by atoms with Crippen LogP contribution in [0.3, 0.4) is 0 Å². The predicted octanol–water partition coefficient (Wildman–Crippen LogP) is 5.04. The highest BCUT2D eigenvalue weighted by Crippen LogP contribution is 2.26. The summed E-state index contributed by atoms with van der Waals surface area (Å²) in [6, 6.07) is 19.5. The van der Waals surface area contributed by atoms with Crippen LogP contribution < -0.4 is 5.43 Å². The summed E-state index contributed by atoms with van der Waals surface area (Å²) in [5.74, 6) is -0.255. The van der Waals surface area contributed by atoms with E-state index in [9.17, 15) is 4.79 Å². The number of amides is 1. The van der Waals surface area contributed by atoms with Crippen LogP contribution in [-0.2, 0) is 0 Å². The first-order valence-electron chi connectivity index (χ1n) is 8.54. The molecule has 0 spiro atoms. The highest BCUT2D eigenvalue weighted by atomic mass is 32.1. The highest BCUT2D eigenvalue weighted by molar-refractivity contribution is 7.08. The van der Waals surface area contributed by atoms with E-state index in [4.69, 9.17) is 4.98 Å². The molecule has 5 heteroatoms. The van der Waals surface area contributed by atoms with Crippen molar-refractivity contribution in [2.75, 3.05) is 0 Å². The fourth-order valence-electron chi connectivity index (χ4n) is 2.94. The van der Waals surface area contributed by atoms with Gasteiger partial charge in [-0.15, -0.1) is 0 Å². The van der Waals surface area contributed by atoms with E-state index in [1.54, 1.807) is 17.6 Å². The zero-order chi connectivity index (χ0) is 18.6. The fourth-order valence-corrected chi connectivity index (χ4v) is 3.55. The van der Waals surface area contributed by atoms with Crippen molar-refractivity contribution in [2.45, 2.75) is 6.92 Å². The molecule has 2 heterocycles. The van der Waals surface area contributed by atoms with Crippen molar-refractivity contribution in [1.82, 2.24) is 10.4 Å². The molecule has 4 rings (SSSR count). The molecule has 4 nitrogen and oxygen atoms in total. The minimum atomic E-state index is -0.255. The first-order chi connectivity index (χ1) is 13.2. The number of aromatic nitrogens is 1. The summed E-state index contributed by atoms with van der Waals surface area (Å²) in [7, 11) is 0. The Hall–Kier alpha value is -3.31. The minimum Gasteiger partial charge on any atom is -0.267 e. The summed E-state index contributed by atoms with van der Waals surface area (Å²) in [6.45, 7) is 2.04. The maximum Gasteiger partial charge on any atom is 0.272 e. The first kappa shape index (κ1) is 17.1. The third kappa shape index (κ3) is 3.64. The minimum absolute atomic E-state index is 0.255. The summed E-state index contributed by atoms with van der Waals surface area (Å²) in [4.78, 5) is 17.6. The van der Waals surface area contributed by atoms with Crippen molar-refractivity contribution in [3.05, 3.63) is 88.1 Å². The quantitative estimate of drug-likeness (QED) is 0.404. The van der Waals surface area contributed by atoms with Crippen LogP contribution in [0, 0.1) is 6.92 Å². The summed E-state index contributed by atoms with van der Waals surface area (Å²) >= 11 is 1.59. The van der Waals surface area contributed by atoms with Gasteiger partial charge >= 0.3 is 0 Å². The molecule has 2 aromatic heterocycles. The number of para-hydroxylation sites is 1. The monoisotopic (exact) mass is 371 g/mol. The molecule has 0 aliphatic rings. The molecule has 1 N–H and O–H groups in total. The number of aryl methyl sites for hydroxylation is 1. The Bertz CT molecular complexity index is 1130. The van der Waals surface area contributed by atoms with Gasteiger partial charge in [0, 0.05) is 16.5 Å². The molecule has 0 aliphatic carbocycles. The van der Waals surface area contributed by atoms with Crippen LogP contribution in [0.25, 0.3) is 22.2 Å². The topological polar surface area (TPSA) is 54.4 Å². The Morgan fingerprint density at radius 3 is 2.74 bits per heavy atom. The van der Waals surface area contributed by atoms with E-state index in [1.807, 2.05) is 78.3 Å². The van der Waals surface area contributed by atoms with Crippen molar-refractivity contribution in [3.8, 4) is 11.3 Å². The van der Waals surface area contributed by atoms with Crippen LogP contribution in [0.5, 0.6) is 0 Å². The smallest absolute Gasteiger partial charge is 0.267 e. The SMILES string of the molecule is Cc1ccccc1-c1cc(C(=O)N/N=C\c2ccsc2)c2ccccc2n1. The molecule has 0 fully saturated rings. The molecule has 0 saturated carbocycles. The number of nitrogens with one attached hydrogen (secondary N) is 1. The van der Waals surface area contributed by atoms with Crippen LogP contribution in [0.15, 0.2) is 76.5 Å². The highest BCUT2D eigenvalue weighted by Gasteiger charge is 2.14. The number of hydrogen-bond donors (Lipinski definition) is 1.